The molecule has 77 valence electrons. The summed E-state index contributed by atoms with van der Waals surface area (Å²) in [4.78, 5) is 4.13. The summed E-state index contributed by atoms with van der Waals surface area (Å²) in [6, 6.07) is 0. The first-order valence-corrected chi connectivity index (χ1v) is 6.63. The van der Waals surface area contributed by atoms with Crippen molar-refractivity contribution in [1.82, 2.24) is 9.80 Å². The van der Waals surface area contributed by atoms with Crippen molar-refractivity contribution in [2.24, 2.45) is 0 Å². The maximum atomic E-state index is 3.21. The van der Waals surface area contributed by atoms with Crippen LogP contribution in [0.5, 0.6) is 0 Å². The SMILES string of the molecule is CN(C)CC#C[Si](C)C#CCN(C)C. The molecule has 0 amide bonds. The van der Waals surface area contributed by atoms with Crippen LogP contribution < -0.4 is 0 Å². The highest BCUT2D eigenvalue weighted by atomic mass is 28.3. The third-order valence-electron chi connectivity index (χ3n) is 1.34. The summed E-state index contributed by atoms with van der Waals surface area (Å²) in [5, 5.41) is 0. The largest absolute Gasteiger partial charge is 0.299 e. The van der Waals surface area contributed by atoms with Gasteiger partial charge in [-0.05, 0) is 34.7 Å². The van der Waals surface area contributed by atoms with E-state index in [1.54, 1.807) is 0 Å². The Kier molecular flexibility index (Phi) is 7.24. The number of nitrogens with zero attached hydrogens (tertiary/aromatic N) is 2. The van der Waals surface area contributed by atoms with Crippen LogP contribution in [0, 0.1) is 22.9 Å². The summed E-state index contributed by atoms with van der Waals surface area (Å²) in [5.41, 5.74) is 6.41. The molecular formula is C11H19N2Si. The minimum atomic E-state index is -0.756. The van der Waals surface area contributed by atoms with Crippen LogP contribution in [-0.2, 0) is 0 Å². The highest BCUT2D eigenvalue weighted by Crippen LogP contribution is 1.77. The average Bonchev–Trinajstić information content (AvgIpc) is 2.02. The standard InChI is InChI=1S/C11H19N2Si/c1-12(2)8-6-10-14(5)11-7-9-13(3)4/h8-9H2,1-5H3. The molecule has 0 rings (SSSR count). The first-order valence-electron chi connectivity index (χ1n) is 4.63. The molecular weight excluding hydrogens is 188 g/mol. The van der Waals surface area contributed by atoms with Crippen LogP contribution in [0.25, 0.3) is 0 Å². The second kappa shape index (κ2) is 7.64. The van der Waals surface area contributed by atoms with Crippen molar-refractivity contribution in [3.8, 4) is 22.9 Å². The van der Waals surface area contributed by atoms with Crippen LogP contribution >= 0.6 is 0 Å². The summed E-state index contributed by atoms with van der Waals surface area (Å²) in [7, 11) is 7.33. The monoisotopic (exact) mass is 207 g/mol. The quantitative estimate of drug-likeness (QED) is 0.475. The molecule has 1 radical (unpaired) electrons. The van der Waals surface area contributed by atoms with Gasteiger partial charge in [0.15, 0.2) is 0 Å². The molecule has 0 saturated carbocycles. The molecule has 0 fully saturated rings. The fourth-order valence-electron chi connectivity index (χ4n) is 0.692. The van der Waals surface area contributed by atoms with Crippen LogP contribution in [0.1, 0.15) is 0 Å². The van der Waals surface area contributed by atoms with Crippen LogP contribution in [0.15, 0.2) is 0 Å². The van der Waals surface area contributed by atoms with E-state index in [9.17, 15) is 0 Å². The van der Waals surface area contributed by atoms with Gasteiger partial charge in [-0.2, -0.15) is 0 Å². The Hall–Kier alpha value is -0.743. The predicted octanol–water partition coefficient (Wildman–Crippen LogP) is 0.319. The summed E-state index contributed by atoms with van der Waals surface area (Å²) in [5.74, 6) is 6.26. The second-order valence-corrected chi connectivity index (χ2v) is 5.45. The molecule has 0 bridgehead atoms. The average molecular weight is 207 g/mol. The first kappa shape index (κ1) is 13.3. The van der Waals surface area contributed by atoms with Gasteiger partial charge < -0.3 is 0 Å². The molecule has 0 atom stereocenters. The van der Waals surface area contributed by atoms with Crippen LogP contribution in [0.2, 0.25) is 6.55 Å². The van der Waals surface area contributed by atoms with Crippen molar-refractivity contribution in [3.05, 3.63) is 0 Å². The van der Waals surface area contributed by atoms with Crippen molar-refractivity contribution in [3.63, 3.8) is 0 Å². The van der Waals surface area contributed by atoms with E-state index in [4.69, 9.17) is 0 Å². The molecule has 0 N–H and O–H groups in total. The second-order valence-electron chi connectivity index (χ2n) is 3.70. The van der Waals surface area contributed by atoms with Gasteiger partial charge in [0.2, 0.25) is 8.80 Å². The van der Waals surface area contributed by atoms with Gasteiger partial charge >= 0.3 is 0 Å². The van der Waals surface area contributed by atoms with E-state index in [1.165, 1.54) is 0 Å². The van der Waals surface area contributed by atoms with Gasteiger partial charge in [0.25, 0.3) is 0 Å². The molecule has 0 saturated heterocycles. The van der Waals surface area contributed by atoms with E-state index >= 15 is 0 Å². The third-order valence-corrected chi connectivity index (χ3v) is 2.45. The maximum Gasteiger partial charge on any atom is 0.230 e. The summed E-state index contributed by atoms with van der Waals surface area (Å²) < 4.78 is 0. The lowest BCUT2D eigenvalue weighted by Gasteiger charge is -2.01. The minimum Gasteiger partial charge on any atom is -0.299 e. The van der Waals surface area contributed by atoms with Gasteiger partial charge in [-0.1, -0.05) is 11.8 Å². The molecule has 0 aliphatic carbocycles. The molecule has 2 nitrogen and oxygen atoms in total. The van der Waals surface area contributed by atoms with E-state index in [0.29, 0.717) is 0 Å². The van der Waals surface area contributed by atoms with E-state index in [2.05, 4.69) is 39.3 Å². The fourth-order valence-corrected chi connectivity index (χ4v) is 1.44. The third kappa shape index (κ3) is 9.35. The molecule has 3 heteroatoms. The summed E-state index contributed by atoms with van der Waals surface area (Å²) >= 11 is 0. The predicted molar refractivity (Wildman–Crippen MR) is 64.3 cm³/mol. The smallest absolute Gasteiger partial charge is 0.230 e. The topological polar surface area (TPSA) is 6.48 Å². The molecule has 0 heterocycles. The Morgan fingerprint density at radius 3 is 1.50 bits per heavy atom. The van der Waals surface area contributed by atoms with Gasteiger partial charge in [0.1, 0.15) is 0 Å². The highest BCUT2D eigenvalue weighted by Gasteiger charge is 1.92. The Bertz CT molecular complexity index is 234. The molecule has 0 aromatic carbocycles. The molecule has 14 heavy (non-hydrogen) atoms. The highest BCUT2D eigenvalue weighted by molar-refractivity contribution is 6.74. The zero-order chi connectivity index (χ0) is 11.0. The normalized spacial score (nSPS) is 9.71. The van der Waals surface area contributed by atoms with E-state index in [1.807, 2.05) is 28.2 Å². The molecule has 0 unspecified atom stereocenters. The van der Waals surface area contributed by atoms with E-state index in [-0.39, 0.29) is 0 Å². The van der Waals surface area contributed by atoms with Crippen molar-refractivity contribution in [2.45, 2.75) is 6.55 Å². The Labute approximate surface area is 89.9 Å². The Balaban J connectivity index is 3.86. The fraction of sp³-hybridized carbons (Fsp3) is 0.636. The van der Waals surface area contributed by atoms with Crippen LogP contribution in [0.4, 0.5) is 0 Å². The zero-order valence-corrected chi connectivity index (χ0v) is 10.8. The van der Waals surface area contributed by atoms with Gasteiger partial charge in [0, 0.05) is 0 Å². The van der Waals surface area contributed by atoms with Gasteiger partial charge in [-0.25, -0.2) is 0 Å². The van der Waals surface area contributed by atoms with E-state index in [0.717, 1.165) is 13.1 Å². The maximum absolute atomic E-state index is 3.21. The minimum absolute atomic E-state index is 0.756. The first-order chi connectivity index (χ1) is 6.52. The summed E-state index contributed by atoms with van der Waals surface area (Å²) in [6.07, 6.45) is 0. The van der Waals surface area contributed by atoms with Crippen molar-refractivity contribution in [1.29, 1.82) is 0 Å². The molecule has 0 aliphatic rings. The molecule has 0 aromatic heterocycles. The van der Waals surface area contributed by atoms with Gasteiger partial charge in [-0.3, -0.25) is 9.80 Å². The number of hydrogen-bond acceptors (Lipinski definition) is 2. The lowest BCUT2D eigenvalue weighted by Crippen LogP contribution is -2.13. The zero-order valence-electron chi connectivity index (χ0n) is 9.81. The molecule has 0 aliphatic heterocycles. The van der Waals surface area contributed by atoms with Crippen molar-refractivity contribution >= 4 is 8.80 Å². The van der Waals surface area contributed by atoms with Crippen LogP contribution in [-0.4, -0.2) is 59.9 Å². The van der Waals surface area contributed by atoms with E-state index < -0.39 is 8.80 Å². The lowest BCUT2D eigenvalue weighted by atomic mass is 10.6. The number of rotatable bonds is 2. The Morgan fingerprint density at radius 1 is 0.857 bits per heavy atom. The Morgan fingerprint density at radius 2 is 1.21 bits per heavy atom. The van der Waals surface area contributed by atoms with Gasteiger partial charge in [0.05, 0.1) is 13.1 Å². The van der Waals surface area contributed by atoms with Gasteiger partial charge in [-0.15, -0.1) is 11.1 Å². The number of hydrogen-bond donors (Lipinski definition) is 0. The lowest BCUT2D eigenvalue weighted by molar-refractivity contribution is 0.464. The molecule has 0 aromatic rings. The van der Waals surface area contributed by atoms with Crippen molar-refractivity contribution in [2.75, 3.05) is 41.3 Å². The molecule has 0 spiro atoms. The van der Waals surface area contributed by atoms with Crippen LogP contribution in [0.3, 0.4) is 0 Å². The summed E-state index contributed by atoms with van der Waals surface area (Å²) in [6.45, 7) is 3.80. The van der Waals surface area contributed by atoms with Crippen molar-refractivity contribution < 1.29 is 0 Å².